The van der Waals surface area contributed by atoms with E-state index < -0.39 is 5.82 Å². The molecule has 0 saturated heterocycles. The molecule has 0 atom stereocenters. The standard InChI is InChI=1S/C15H12ClFN2O/c1-2-19-14-11(16)4-3-5-13(14)18-15(19)10-7-6-9(20)8-12(10)17/h3-8,20H,2H2,1H3. The van der Waals surface area contributed by atoms with Crippen LogP contribution in [0.5, 0.6) is 5.75 Å². The summed E-state index contributed by atoms with van der Waals surface area (Å²) in [5.41, 5.74) is 1.86. The number of benzene rings is 2. The summed E-state index contributed by atoms with van der Waals surface area (Å²) in [6, 6.07) is 9.49. The van der Waals surface area contributed by atoms with Gasteiger partial charge in [-0.25, -0.2) is 9.37 Å². The molecule has 3 rings (SSSR count). The molecule has 0 fully saturated rings. The molecule has 0 saturated carbocycles. The van der Waals surface area contributed by atoms with Crippen molar-refractivity contribution in [3.8, 4) is 17.1 Å². The number of nitrogens with zero attached hydrogens (tertiary/aromatic N) is 2. The largest absolute Gasteiger partial charge is 0.508 e. The molecule has 0 aliphatic carbocycles. The molecule has 1 aromatic heterocycles. The molecule has 20 heavy (non-hydrogen) atoms. The summed E-state index contributed by atoms with van der Waals surface area (Å²) in [5.74, 6) is -0.109. The Morgan fingerprint density at radius 1 is 1.30 bits per heavy atom. The van der Waals surface area contributed by atoms with Crippen LogP contribution < -0.4 is 0 Å². The van der Waals surface area contributed by atoms with E-state index in [2.05, 4.69) is 4.98 Å². The Bertz CT molecular complexity index is 798. The first-order valence-electron chi connectivity index (χ1n) is 6.25. The highest BCUT2D eigenvalue weighted by atomic mass is 35.5. The molecule has 2 aromatic carbocycles. The molecule has 0 aliphatic rings. The Morgan fingerprint density at radius 3 is 2.80 bits per heavy atom. The molecule has 5 heteroatoms. The second-order valence-corrected chi connectivity index (χ2v) is 4.86. The Morgan fingerprint density at radius 2 is 2.10 bits per heavy atom. The van der Waals surface area contributed by atoms with Crippen LogP contribution in [0.3, 0.4) is 0 Å². The lowest BCUT2D eigenvalue weighted by Crippen LogP contribution is -1.99. The van der Waals surface area contributed by atoms with Gasteiger partial charge in [-0.3, -0.25) is 0 Å². The summed E-state index contributed by atoms with van der Waals surface area (Å²) in [6.45, 7) is 2.57. The van der Waals surface area contributed by atoms with Gasteiger partial charge in [-0.2, -0.15) is 0 Å². The van der Waals surface area contributed by atoms with Gasteiger partial charge in [0.05, 0.1) is 21.6 Å². The van der Waals surface area contributed by atoms with Crippen LogP contribution in [-0.4, -0.2) is 14.7 Å². The van der Waals surface area contributed by atoms with Gasteiger partial charge in [-0.1, -0.05) is 17.7 Å². The minimum atomic E-state index is -0.508. The van der Waals surface area contributed by atoms with Gasteiger partial charge < -0.3 is 9.67 Å². The average molecular weight is 291 g/mol. The number of phenolic OH excluding ortho intramolecular Hbond substituents is 1. The van der Waals surface area contributed by atoms with Crippen molar-refractivity contribution < 1.29 is 9.50 Å². The van der Waals surface area contributed by atoms with Gasteiger partial charge in [0.2, 0.25) is 0 Å². The number of imidazole rings is 1. The number of rotatable bonds is 2. The topological polar surface area (TPSA) is 38.0 Å². The minimum Gasteiger partial charge on any atom is -0.508 e. The number of phenols is 1. The summed E-state index contributed by atoms with van der Waals surface area (Å²) in [6.07, 6.45) is 0. The molecule has 0 aliphatic heterocycles. The minimum absolute atomic E-state index is 0.108. The van der Waals surface area contributed by atoms with Gasteiger partial charge in [0.1, 0.15) is 17.4 Å². The van der Waals surface area contributed by atoms with Crippen LogP contribution in [0.1, 0.15) is 6.92 Å². The van der Waals surface area contributed by atoms with Crippen LogP contribution in [0.4, 0.5) is 4.39 Å². The monoisotopic (exact) mass is 290 g/mol. The molecular weight excluding hydrogens is 279 g/mol. The summed E-state index contributed by atoms with van der Waals surface area (Å²) >= 11 is 6.21. The van der Waals surface area contributed by atoms with E-state index in [9.17, 15) is 9.50 Å². The maximum Gasteiger partial charge on any atom is 0.144 e. The van der Waals surface area contributed by atoms with E-state index in [1.165, 1.54) is 12.1 Å². The second kappa shape index (κ2) is 4.80. The van der Waals surface area contributed by atoms with Crippen molar-refractivity contribution in [2.75, 3.05) is 0 Å². The molecule has 0 spiro atoms. The molecule has 3 nitrogen and oxygen atoms in total. The third-order valence-corrected chi connectivity index (χ3v) is 3.53. The van der Waals surface area contributed by atoms with Crippen LogP contribution in [0.2, 0.25) is 5.02 Å². The number of para-hydroxylation sites is 1. The number of fused-ring (bicyclic) bond motifs is 1. The third kappa shape index (κ3) is 1.93. The van der Waals surface area contributed by atoms with E-state index in [0.717, 1.165) is 17.1 Å². The number of hydrogen-bond acceptors (Lipinski definition) is 2. The van der Waals surface area contributed by atoms with E-state index >= 15 is 0 Å². The zero-order valence-electron chi connectivity index (χ0n) is 10.8. The predicted octanol–water partition coefficient (Wildman–Crippen LogP) is 4.22. The lowest BCUT2D eigenvalue weighted by molar-refractivity contribution is 0.469. The molecule has 0 radical (unpaired) electrons. The fourth-order valence-corrected chi connectivity index (χ4v) is 2.61. The van der Waals surface area contributed by atoms with Gasteiger partial charge >= 0.3 is 0 Å². The summed E-state index contributed by atoms with van der Waals surface area (Å²) in [4.78, 5) is 4.46. The van der Waals surface area contributed by atoms with Crippen LogP contribution >= 0.6 is 11.6 Å². The molecule has 3 aromatic rings. The van der Waals surface area contributed by atoms with E-state index in [-0.39, 0.29) is 5.75 Å². The fourth-order valence-electron chi connectivity index (χ4n) is 2.34. The van der Waals surface area contributed by atoms with E-state index in [1.807, 2.05) is 23.6 Å². The molecule has 0 amide bonds. The lowest BCUT2D eigenvalue weighted by Gasteiger charge is -2.08. The lowest BCUT2D eigenvalue weighted by atomic mass is 10.2. The van der Waals surface area contributed by atoms with Gasteiger partial charge in [0.25, 0.3) is 0 Å². The highest BCUT2D eigenvalue weighted by Crippen LogP contribution is 2.31. The van der Waals surface area contributed by atoms with E-state index in [1.54, 1.807) is 6.07 Å². The summed E-state index contributed by atoms with van der Waals surface area (Å²) in [7, 11) is 0. The van der Waals surface area contributed by atoms with Gasteiger partial charge in [-0.05, 0) is 31.2 Å². The molecular formula is C15H12ClFN2O. The molecule has 0 bridgehead atoms. The Labute approximate surface area is 120 Å². The van der Waals surface area contributed by atoms with Crippen molar-refractivity contribution in [2.24, 2.45) is 0 Å². The summed E-state index contributed by atoms with van der Waals surface area (Å²) < 4.78 is 15.9. The smallest absolute Gasteiger partial charge is 0.144 e. The van der Waals surface area contributed by atoms with Crippen molar-refractivity contribution in [3.05, 3.63) is 47.2 Å². The molecule has 0 unspecified atom stereocenters. The Balaban J connectivity index is 2.33. The van der Waals surface area contributed by atoms with E-state index in [0.29, 0.717) is 23.0 Å². The molecule has 1 heterocycles. The van der Waals surface area contributed by atoms with Crippen molar-refractivity contribution in [1.82, 2.24) is 9.55 Å². The predicted molar refractivity (Wildman–Crippen MR) is 77.5 cm³/mol. The zero-order chi connectivity index (χ0) is 14.3. The SMILES string of the molecule is CCn1c(-c2ccc(O)cc2F)nc2cccc(Cl)c21. The number of aryl methyl sites for hydroxylation is 1. The maximum atomic E-state index is 14.0. The maximum absolute atomic E-state index is 14.0. The Kier molecular flexibility index (Phi) is 3.10. The second-order valence-electron chi connectivity index (χ2n) is 4.45. The first-order valence-corrected chi connectivity index (χ1v) is 6.63. The van der Waals surface area contributed by atoms with E-state index in [4.69, 9.17) is 11.6 Å². The zero-order valence-corrected chi connectivity index (χ0v) is 11.5. The van der Waals surface area contributed by atoms with Crippen LogP contribution in [0.25, 0.3) is 22.4 Å². The molecule has 102 valence electrons. The van der Waals surface area contributed by atoms with Gasteiger partial charge in [0.15, 0.2) is 0 Å². The van der Waals surface area contributed by atoms with Crippen molar-refractivity contribution >= 4 is 22.6 Å². The van der Waals surface area contributed by atoms with Crippen molar-refractivity contribution in [1.29, 1.82) is 0 Å². The van der Waals surface area contributed by atoms with Crippen LogP contribution in [-0.2, 0) is 6.54 Å². The number of aromatic nitrogens is 2. The highest BCUT2D eigenvalue weighted by Gasteiger charge is 2.16. The third-order valence-electron chi connectivity index (χ3n) is 3.23. The highest BCUT2D eigenvalue weighted by molar-refractivity contribution is 6.35. The van der Waals surface area contributed by atoms with Crippen LogP contribution in [0.15, 0.2) is 36.4 Å². The summed E-state index contributed by atoms with van der Waals surface area (Å²) in [5, 5.41) is 9.89. The van der Waals surface area contributed by atoms with Gasteiger partial charge in [0, 0.05) is 12.6 Å². The number of aromatic hydroxyl groups is 1. The van der Waals surface area contributed by atoms with Crippen molar-refractivity contribution in [3.63, 3.8) is 0 Å². The average Bonchev–Trinajstić information content (AvgIpc) is 2.78. The number of hydrogen-bond donors (Lipinski definition) is 1. The molecule has 1 N–H and O–H groups in total. The van der Waals surface area contributed by atoms with Gasteiger partial charge in [-0.15, -0.1) is 0 Å². The quantitative estimate of drug-likeness (QED) is 0.767. The van der Waals surface area contributed by atoms with Crippen molar-refractivity contribution in [2.45, 2.75) is 13.5 Å². The Hall–Kier alpha value is -2.07. The first-order chi connectivity index (χ1) is 9.61. The fraction of sp³-hybridized carbons (Fsp3) is 0.133. The first kappa shape index (κ1) is 12.9. The normalized spacial score (nSPS) is 11.2. The number of halogens is 2. The van der Waals surface area contributed by atoms with Crippen LogP contribution in [0, 0.1) is 5.82 Å².